The summed E-state index contributed by atoms with van der Waals surface area (Å²) < 4.78 is 6.31. The minimum absolute atomic E-state index is 0.196. The third kappa shape index (κ3) is 3.88. The van der Waals surface area contributed by atoms with Crippen LogP contribution in [-0.2, 0) is 0 Å². The number of carbonyl (C=O) groups excluding carboxylic acids is 1. The molecular formula is C22H18BrN3O2S. The van der Waals surface area contributed by atoms with Gasteiger partial charge in [0, 0.05) is 14.9 Å². The molecule has 1 amide bonds. The Balaban J connectivity index is 1.69. The molecule has 0 spiro atoms. The summed E-state index contributed by atoms with van der Waals surface area (Å²) in [6.45, 7) is 6.03. The van der Waals surface area contributed by atoms with Crippen LogP contribution in [0.3, 0.4) is 0 Å². The largest absolute Gasteiger partial charge is 0.333 e. The van der Waals surface area contributed by atoms with E-state index in [0.29, 0.717) is 22.3 Å². The summed E-state index contributed by atoms with van der Waals surface area (Å²) >= 11 is 4.93. The summed E-state index contributed by atoms with van der Waals surface area (Å²) in [6.07, 6.45) is 0. The van der Waals surface area contributed by atoms with E-state index in [0.717, 1.165) is 26.0 Å². The minimum atomic E-state index is -0.196. The number of rotatable bonds is 4. The van der Waals surface area contributed by atoms with Gasteiger partial charge in [-0.3, -0.25) is 4.79 Å². The number of benzene rings is 2. The average Bonchev–Trinajstić information content (AvgIpc) is 3.28. The highest BCUT2D eigenvalue weighted by Crippen LogP contribution is 2.40. The van der Waals surface area contributed by atoms with E-state index in [-0.39, 0.29) is 5.91 Å². The van der Waals surface area contributed by atoms with Crippen molar-refractivity contribution >= 4 is 38.2 Å². The molecule has 4 rings (SSSR count). The minimum Gasteiger partial charge on any atom is -0.333 e. The standard InChI is InChI=1S/C22H18BrN3O2S/c1-12-8-10-15(11-9-12)19-24-21(28-26-19)18-13(2)14(3)29-22(18)25-20(27)16-6-4-5-7-17(16)23/h4-11H,1-3H3,(H,25,27). The quantitative estimate of drug-likeness (QED) is 0.376. The van der Waals surface area contributed by atoms with Crippen LogP contribution in [0.15, 0.2) is 57.5 Å². The molecule has 0 bridgehead atoms. The van der Waals surface area contributed by atoms with E-state index < -0.39 is 0 Å². The number of hydrogen-bond donors (Lipinski definition) is 1. The molecule has 2 aromatic heterocycles. The first kappa shape index (κ1) is 19.5. The molecule has 0 unspecified atom stereocenters. The number of anilines is 1. The molecular weight excluding hydrogens is 450 g/mol. The third-order valence-corrected chi connectivity index (χ3v) is 6.49. The van der Waals surface area contributed by atoms with Crippen molar-refractivity contribution in [1.29, 1.82) is 0 Å². The Bertz CT molecular complexity index is 1200. The molecule has 4 aromatic rings. The second kappa shape index (κ2) is 7.93. The highest BCUT2D eigenvalue weighted by atomic mass is 79.9. The number of carbonyl (C=O) groups is 1. The molecule has 1 N–H and O–H groups in total. The van der Waals surface area contributed by atoms with Gasteiger partial charge in [-0.2, -0.15) is 4.98 Å². The Morgan fingerprint density at radius 1 is 1.07 bits per heavy atom. The van der Waals surface area contributed by atoms with Gasteiger partial charge in [-0.1, -0.05) is 47.1 Å². The predicted molar refractivity (Wildman–Crippen MR) is 119 cm³/mol. The van der Waals surface area contributed by atoms with Gasteiger partial charge in [0.05, 0.1) is 11.1 Å². The van der Waals surface area contributed by atoms with Crippen molar-refractivity contribution in [2.45, 2.75) is 20.8 Å². The summed E-state index contributed by atoms with van der Waals surface area (Å²) in [6, 6.07) is 15.3. The van der Waals surface area contributed by atoms with Crippen LogP contribution >= 0.6 is 27.3 Å². The molecule has 29 heavy (non-hydrogen) atoms. The van der Waals surface area contributed by atoms with Crippen molar-refractivity contribution in [2.24, 2.45) is 0 Å². The fraction of sp³-hybridized carbons (Fsp3) is 0.136. The molecule has 2 aromatic carbocycles. The van der Waals surface area contributed by atoms with Gasteiger partial charge in [0.15, 0.2) is 0 Å². The molecule has 0 atom stereocenters. The molecule has 0 radical (unpaired) electrons. The molecule has 0 aliphatic rings. The SMILES string of the molecule is Cc1ccc(-c2noc(-c3c(NC(=O)c4ccccc4Br)sc(C)c3C)n2)cc1. The normalized spacial score (nSPS) is 10.9. The average molecular weight is 468 g/mol. The van der Waals surface area contributed by atoms with Crippen LogP contribution < -0.4 is 5.32 Å². The Kier molecular flexibility index (Phi) is 5.34. The lowest BCUT2D eigenvalue weighted by Crippen LogP contribution is -2.12. The smallest absolute Gasteiger partial charge is 0.261 e. The van der Waals surface area contributed by atoms with E-state index in [4.69, 9.17) is 4.52 Å². The molecule has 0 fully saturated rings. The molecule has 7 heteroatoms. The third-order valence-electron chi connectivity index (χ3n) is 4.68. The fourth-order valence-corrected chi connectivity index (χ4v) is 4.45. The number of nitrogens with zero attached hydrogens (tertiary/aromatic N) is 2. The number of thiophene rings is 1. The summed E-state index contributed by atoms with van der Waals surface area (Å²) in [5, 5.41) is 7.83. The zero-order valence-corrected chi connectivity index (χ0v) is 18.5. The van der Waals surface area contributed by atoms with Crippen molar-refractivity contribution in [2.75, 3.05) is 5.32 Å². The van der Waals surface area contributed by atoms with Crippen molar-refractivity contribution in [3.05, 3.63) is 74.6 Å². The van der Waals surface area contributed by atoms with E-state index in [2.05, 4.69) is 31.4 Å². The van der Waals surface area contributed by atoms with Gasteiger partial charge in [0.2, 0.25) is 5.82 Å². The predicted octanol–water partition coefficient (Wildman–Crippen LogP) is 6.41. The number of amides is 1. The topological polar surface area (TPSA) is 68.0 Å². The number of hydrogen-bond acceptors (Lipinski definition) is 5. The maximum atomic E-state index is 12.8. The van der Waals surface area contributed by atoms with Gasteiger partial charge in [-0.05, 0) is 54.4 Å². The Hall–Kier alpha value is -2.77. The van der Waals surface area contributed by atoms with Crippen molar-refractivity contribution in [3.8, 4) is 22.8 Å². The lowest BCUT2D eigenvalue weighted by molar-refractivity contribution is 0.102. The van der Waals surface area contributed by atoms with E-state index in [1.54, 1.807) is 6.07 Å². The van der Waals surface area contributed by atoms with Gasteiger partial charge in [0.25, 0.3) is 11.8 Å². The molecule has 2 heterocycles. The van der Waals surface area contributed by atoms with Crippen molar-refractivity contribution in [3.63, 3.8) is 0 Å². The summed E-state index contributed by atoms with van der Waals surface area (Å²) in [5.74, 6) is 0.717. The van der Waals surface area contributed by atoms with E-state index in [9.17, 15) is 4.79 Å². The van der Waals surface area contributed by atoms with Crippen LogP contribution in [0.25, 0.3) is 22.8 Å². The molecule has 0 aliphatic heterocycles. The lowest BCUT2D eigenvalue weighted by atomic mass is 10.1. The first-order valence-corrected chi connectivity index (χ1v) is 10.6. The van der Waals surface area contributed by atoms with E-state index in [1.807, 2.05) is 63.2 Å². The number of nitrogens with one attached hydrogen (secondary N) is 1. The lowest BCUT2D eigenvalue weighted by Gasteiger charge is -2.06. The van der Waals surface area contributed by atoms with Crippen molar-refractivity contribution < 1.29 is 9.32 Å². The second-order valence-electron chi connectivity index (χ2n) is 6.71. The monoisotopic (exact) mass is 467 g/mol. The van der Waals surface area contributed by atoms with Crippen LogP contribution in [-0.4, -0.2) is 16.0 Å². The van der Waals surface area contributed by atoms with Crippen LogP contribution in [0.4, 0.5) is 5.00 Å². The fourth-order valence-electron chi connectivity index (χ4n) is 2.93. The Labute approximate surface area is 180 Å². The molecule has 5 nitrogen and oxygen atoms in total. The van der Waals surface area contributed by atoms with E-state index in [1.165, 1.54) is 16.9 Å². The molecule has 0 saturated carbocycles. The summed E-state index contributed by atoms with van der Waals surface area (Å²) in [5.41, 5.74) is 4.39. The number of halogens is 1. The second-order valence-corrected chi connectivity index (χ2v) is 8.79. The van der Waals surface area contributed by atoms with Crippen molar-refractivity contribution in [1.82, 2.24) is 10.1 Å². The summed E-state index contributed by atoms with van der Waals surface area (Å²) in [4.78, 5) is 18.5. The van der Waals surface area contributed by atoms with Crippen LogP contribution in [0, 0.1) is 20.8 Å². The maximum Gasteiger partial charge on any atom is 0.261 e. The molecule has 146 valence electrons. The Morgan fingerprint density at radius 2 is 1.79 bits per heavy atom. The Morgan fingerprint density at radius 3 is 2.52 bits per heavy atom. The summed E-state index contributed by atoms with van der Waals surface area (Å²) in [7, 11) is 0. The molecule has 0 saturated heterocycles. The van der Waals surface area contributed by atoms with Gasteiger partial charge in [-0.15, -0.1) is 11.3 Å². The van der Waals surface area contributed by atoms with E-state index >= 15 is 0 Å². The van der Waals surface area contributed by atoms with Gasteiger partial charge in [0.1, 0.15) is 5.00 Å². The van der Waals surface area contributed by atoms with Crippen LogP contribution in [0.2, 0.25) is 0 Å². The van der Waals surface area contributed by atoms with Crippen LogP contribution in [0.1, 0.15) is 26.4 Å². The number of aryl methyl sites for hydroxylation is 2. The zero-order chi connectivity index (χ0) is 20.5. The zero-order valence-electron chi connectivity index (χ0n) is 16.1. The van der Waals surface area contributed by atoms with Gasteiger partial charge >= 0.3 is 0 Å². The van der Waals surface area contributed by atoms with Crippen LogP contribution in [0.5, 0.6) is 0 Å². The highest BCUT2D eigenvalue weighted by molar-refractivity contribution is 9.10. The number of aromatic nitrogens is 2. The highest BCUT2D eigenvalue weighted by Gasteiger charge is 2.23. The first-order chi connectivity index (χ1) is 13.9. The maximum absolute atomic E-state index is 12.8. The molecule has 0 aliphatic carbocycles. The first-order valence-electron chi connectivity index (χ1n) is 9.01. The van der Waals surface area contributed by atoms with Gasteiger partial charge < -0.3 is 9.84 Å². The van der Waals surface area contributed by atoms with Gasteiger partial charge in [-0.25, -0.2) is 0 Å².